The molecule has 2 aromatic heterocycles. The Morgan fingerprint density at radius 1 is 1.26 bits per heavy atom. The summed E-state index contributed by atoms with van der Waals surface area (Å²) in [7, 11) is 3.38. The minimum absolute atomic E-state index is 0.0116. The molecule has 5 heteroatoms. The van der Waals surface area contributed by atoms with Gasteiger partial charge in [-0.3, -0.25) is 4.79 Å². The second kappa shape index (κ2) is 6.20. The van der Waals surface area contributed by atoms with Gasteiger partial charge in [0.1, 0.15) is 22.9 Å². The van der Waals surface area contributed by atoms with Gasteiger partial charge in [0.15, 0.2) is 0 Å². The second-order valence-electron chi connectivity index (χ2n) is 5.56. The van der Waals surface area contributed by atoms with Gasteiger partial charge in [-0.25, -0.2) is 0 Å². The zero-order valence-electron chi connectivity index (χ0n) is 13.5. The number of likely N-dealkylation sites (N-methyl/N-ethyl adjacent to an activating group) is 1. The minimum atomic E-state index is 0.0116. The molecule has 0 fully saturated rings. The highest BCUT2D eigenvalue weighted by atomic mass is 16.5. The van der Waals surface area contributed by atoms with Crippen LogP contribution in [0.15, 0.2) is 45.4 Å². The molecular formula is C18H19NO4. The Balaban J connectivity index is 1.72. The van der Waals surface area contributed by atoms with Crippen LogP contribution in [0.1, 0.15) is 17.1 Å². The van der Waals surface area contributed by atoms with Crippen molar-refractivity contribution in [3.63, 3.8) is 0 Å². The Hall–Kier alpha value is -2.69. The number of carbonyl (C=O) groups is 1. The number of nitrogens with zero attached hydrogens (tertiary/aromatic N) is 1. The number of aryl methyl sites for hydroxylation is 1. The van der Waals surface area contributed by atoms with Crippen LogP contribution < -0.4 is 4.74 Å². The average molecular weight is 313 g/mol. The number of rotatable bonds is 5. The number of amides is 1. The minimum Gasteiger partial charge on any atom is -0.497 e. The number of furan rings is 2. The smallest absolute Gasteiger partial charge is 0.227 e. The molecular weight excluding hydrogens is 294 g/mol. The highest BCUT2D eigenvalue weighted by Gasteiger charge is 2.15. The third-order valence-corrected chi connectivity index (χ3v) is 3.82. The summed E-state index contributed by atoms with van der Waals surface area (Å²) in [5.74, 6) is 2.36. The van der Waals surface area contributed by atoms with Gasteiger partial charge in [0.2, 0.25) is 5.91 Å². The molecule has 2 heterocycles. The largest absolute Gasteiger partial charge is 0.497 e. The summed E-state index contributed by atoms with van der Waals surface area (Å²) < 4.78 is 16.2. The molecule has 1 aromatic carbocycles. The van der Waals surface area contributed by atoms with E-state index in [1.54, 1.807) is 25.3 Å². The third-order valence-electron chi connectivity index (χ3n) is 3.82. The Bertz CT molecular complexity index is 831. The van der Waals surface area contributed by atoms with E-state index in [4.69, 9.17) is 13.6 Å². The standard InChI is InChI=1S/C18H19NO4/c1-12-4-5-15(23-12)10-19(2)18(20)8-13-11-22-17-9-14(21-3)6-7-16(13)17/h4-7,9,11H,8,10H2,1-3H3. The molecule has 3 rings (SSSR count). The summed E-state index contributed by atoms with van der Waals surface area (Å²) in [6.07, 6.45) is 1.92. The highest BCUT2D eigenvalue weighted by molar-refractivity contribution is 5.88. The molecule has 0 N–H and O–H groups in total. The monoisotopic (exact) mass is 313 g/mol. The number of hydrogen-bond acceptors (Lipinski definition) is 4. The lowest BCUT2D eigenvalue weighted by molar-refractivity contribution is -0.129. The van der Waals surface area contributed by atoms with Crippen LogP contribution >= 0.6 is 0 Å². The van der Waals surface area contributed by atoms with E-state index in [1.165, 1.54) is 0 Å². The first-order valence-corrected chi connectivity index (χ1v) is 7.40. The quantitative estimate of drug-likeness (QED) is 0.723. The van der Waals surface area contributed by atoms with Crippen molar-refractivity contribution in [2.24, 2.45) is 0 Å². The maximum atomic E-state index is 12.4. The fourth-order valence-electron chi connectivity index (χ4n) is 2.52. The van der Waals surface area contributed by atoms with Gasteiger partial charge in [-0.1, -0.05) is 0 Å². The van der Waals surface area contributed by atoms with Crippen LogP contribution in [-0.2, 0) is 17.8 Å². The van der Waals surface area contributed by atoms with E-state index in [9.17, 15) is 4.79 Å². The molecule has 0 radical (unpaired) electrons. The van der Waals surface area contributed by atoms with Gasteiger partial charge in [0.25, 0.3) is 0 Å². The van der Waals surface area contributed by atoms with Crippen molar-refractivity contribution < 1.29 is 18.4 Å². The van der Waals surface area contributed by atoms with E-state index in [-0.39, 0.29) is 12.3 Å². The second-order valence-corrected chi connectivity index (χ2v) is 5.56. The average Bonchev–Trinajstić information content (AvgIpc) is 3.13. The van der Waals surface area contributed by atoms with Crippen molar-refractivity contribution >= 4 is 16.9 Å². The molecule has 1 amide bonds. The lowest BCUT2D eigenvalue weighted by atomic mass is 10.1. The maximum absolute atomic E-state index is 12.4. The van der Waals surface area contributed by atoms with E-state index >= 15 is 0 Å². The first-order valence-electron chi connectivity index (χ1n) is 7.40. The van der Waals surface area contributed by atoms with Crippen LogP contribution in [0.3, 0.4) is 0 Å². The van der Waals surface area contributed by atoms with E-state index < -0.39 is 0 Å². The summed E-state index contributed by atoms with van der Waals surface area (Å²) >= 11 is 0. The number of ether oxygens (including phenoxy) is 1. The first-order chi connectivity index (χ1) is 11.1. The molecule has 0 aliphatic carbocycles. The van der Waals surface area contributed by atoms with Gasteiger partial charge in [-0.05, 0) is 31.2 Å². The molecule has 0 spiro atoms. The number of hydrogen-bond donors (Lipinski definition) is 0. The van der Waals surface area contributed by atoms with Gasteiger partial charge in [-0.15, -0.1) is 0 Å². The Morgan fingerprint density at radius 2 is 2.09 bits per heavy atom. The SMILES string of the molecule is COc1ccc2c(CC(=O)N(C)Cc3ccc(C)o3)coc2c1. The number of methoxy groups -OCH3 is 1. The molecule has 0 bridgehead atoms. The van der Waals surface area contributed by atoms with E-state index in [2.05, 4.69) is 0 Å². The van der Waals surface area contributed by atoms with Crippen molar-refractivity contribution in [3.05, 3.63) is 53.7 Å². The van der Waals surface area contributed by atoms with E-state index in [0.29, 0.717) is 6.54 Å². The molecule has 23 heavy (non-hydrogen) atoms. The van der Waals surface area contributed by atoms with Gasteiger partial charge in [0, 0.05) is 24.1 Å². The Kier molecular flexibility index (Phi) is 4.10. The molecule has 120 valence electrons. The molecule has 0 unspecified atom stereocenters. The van der Waals surface area contributed by atoms with Crippen molar-refractivity contribution in [2.45, 2.75) is 19.9 Å². The van der Waals surface area contributed by atoms with Crippen LogP contribution in [0.2, 0.25) is 0 Å². The fraction of sp³-hybridized carbons (Fsp3) is 0.278. The zero-order chi connectivity index (χ0) is 16.4. The zero-order valence-corrected chi connectivity index (χ0v) is 13.5. The first kappa shape index (κ1) is 15.2. The number of fused-ring (bicyclic) bond motifs is 1. The van der Waals surface area contributed by atoms with Crippen LogP contribution in [0.5, 0.6) is 5.75 Å². The Morgan fingerprint density at radius 3 is 2.78 bits per heavy atom. The molecule has 0 aliphatic heterocycles. The molecule has 5 nitrogen and oxygen atoms in total. The van der Waals surface area contributed by atoms with Crippen LogP contribution in [-0.4, -0.2) is 25.0 Å². The third kappa shape index (κ3) is 3.23. The van der Waals surface area contributed by atoms with E-state index in [1.807, 2.05) is 37.3 Å². The summed E-state index contributed by atoms with van der Waals surface area (Å²) in [4.78, 5) is 14.1. The van der Waals surface area contributed by atoms with Gasteiger partial charge >= 0.3 is 0 Å². The topological polar surface area (TPSA) is 55.8 Å². The molecule has 0 atom stereocenters. The molecule has 0 saturated heterocycles. The van der Waals surface area contributed by atoms with Crippen LogP contribution in [0, 0.1) is 6.92 Å². The number of benzene rings is 1. The predicted molar refractivity (Wildman–Crippen MR) is 86.4 cm³/mol. The van der Waals surface area contributed by atoms with Crippen LogP contribution in [0.4, 0.5) is 0 Å². The Labute approximate surface area is 134 Å². The highest BCUT2D eigenvalue weighted by Crippen LogP contribution is 2.26. The van der Waals surface area contributed by atoms with Crippen molar-refractivity contribution in [2.75, 3.05) is 14.2 Å². The predicted octanol–water partition coefficient (Wildman–Crippen LogP) is 3.54. The summed E-state index contributed by atoms with van der Waals surface area (Å²) in [6.45, 7) is 2.34. The number of carbonyl (C=O) groups excluding carboxylic acids is 1. The van der Waals surface area contributed by atoms with Crippen molar-refractivity contribution in [1.82, 2.24) is 4.90 Å². The maximum Gasteiger partial charge on any atom is 0.227 e. The van der Waals surface area contributed by atoms with Gasteiger partial charge in [-0.2, -0.15) is 0 Å². The lowest BCUT2D eigenvalue weighted by Crippen LogP contribution is -2.27. The summed E-state index contributed by atoms with van der Waals surface area (Å²) in [6, 6.07) is 9.37. The van der Waals surface area contributed by atoms with Crippen LogP contribution in [0.25, 0.3) is 11.0 Å². The molecule has 0 aliphatic rings. The van der Waals surface area contributed by atoms with Gasteiger partial charge < -0.3 is 18.5 Å². The van der Waals surface area contributed by atoms with Gasteiger partial charge in [0.05, 0.1) is 26.3 Å². The lowest BCUT2D eigenvalue weighted by Gasteiger charge is -2.15. The molecule has 0 saturated carbocycles. The van der Waals surface area contributed by atoms with Crippen molar-refractivity contribution in [3.8, 4) is 5.75 Å². The fourth-order valence-corrected chi connectivity index (χ4v) is 2.52. The summed E-state index contributed by atoms with van der Waals surface area (Å²) in [5.41, 5.74) is 1.59. The summed E-state index contributed by atoms with van der Waals surface area (Å²) in [5, 5.41) is 0.932. The van der Waals surface area contributed by atoms with Crippen molar-refractivity contribution in [1.29, 1.82) is 0 Å². The normalized spacial score (nSPS) is 10.9. The van der Waals surface area contributed by atoms with E-state index in [0.717, 1.165) is 33.8 Å². The molecule has 3 aromatic rings.